The number of hydrogen-bond donors (Lipinski definition) is 5. The molecule has 17 heteroatoms. The van der Waals surface area contributed by atoms with E-state index in [1.165, 1.54) is 4.90 Å². The molecule has 0 saturated carbocycles. The first-order valence-electron chi connectivity index (χ1n) is 25.4. The van der Waals surface area contributed by atoms with Crippen LogP contribution in [-0.4, -0.2) is 120 Å². The third kappa shape index (κ3) is 11.7. The number of carbonyl (C=O) groups excluding carboxylic acids is 5. The lowest BCUT2D eigenvalue weighted by molar-refractivity contribution is -0.144. The summed E-state index contributed by atoms with van der Waals surface area (Å²) in [7, 11) is 0. The maximum atomic E-state index is 14.1. The molecule has 0 radical (unpaired) electrons. The Hall–Kier alpha value is -6.45. The molecule has 386 valence electrons. The molecule has 8 rings (SSSR count). The number of ether oxygens (including phenoxy) is 2. The SMILES string of the molecule is CCc1cc2c(cc1N1CCC(NC(=O)CCOCCOCCC(=O)NC(C(=O)N3C[C@H](O)C[C@H]3C(=O)NCc3ccc(-c4scnc4C)cc3)C(C)(C)C)CC1)C(C)(C)c1[nH]c3cc(C#N)ccc3c1C2=O. The summed E-state index contributed by atoms with van der Waals surface area (Å²) in [6.45, 7) is 16.4. The number of aliphatic hydroxyl groups excluding tert-OH is 1. The molecule has 3 aliphatic rings. The van der Waals surface area contributed by atoms with Crippen molar-refractivity contribution in [2.24, 2.45) is 5.41 Å². The van der Waals surface area contributed by atoms with Gasteiger partial charge in [-0.15, -0.1) is 11.3 Å². The molecule has 1 unspecified atom stereocenters. The van der Waals surface area contributed by atoms with Crippen molar-refractivity contribution < 1.29 is 38.6 Å². The maximum Gasteiger partial charge on any atom is 0.246 e. The van der Waals surface area contributed by atoms with Gasteiger partial charge in [0.1, 0.15) is 12.1 Å². The normalized spacial score (nSPS) is 18.0. The third-order valence-electron chi connectivity index (χ3n) is 14.5. The number of nitrogens with one attached hydrogen (secondary N) is 4. The van der Waals surface area contributed by atoms with Crippen molar-refractivity contribution >= 4 is 57.3 Å². The first-order valence-corrected chi connectivity index (χ1v) is 26.3. The number of hydrogen-bond acceptors (Lipinski definition) is 12. The van der Waals surface area contributed by atoms with Crippen LogP contribution in [0.1, 0.15) is 123 Å². The zero-order valence-electron chi connectivity index (χ0n) is 43.0. The number of aromatic nitrogens is 2. The van der Waals surface area contributed by atoms with E-state index in [4.69, 9.17) is 9.47 Å². The summed E-state index contributed by atoms with van der Waals surface area (Å²) in [5.41, 5.74) is 10.3. The van der Waals surface area contributed by atoms with Crippen molar-refractivity contribution in [3.63, 3.8) is 0 Å². The Morgan fingerprint density at radius 1 is 0.986 bits per heavy atom. The van der Waals surface area contributed by atoms with Gasteiger partial charge in [0.15, 0.2) is 5.78 Å². The highest BCUT2D eigenvalue weighted by Gasteiger charge is 2.45. The molecule has 2 aromatic heterocycles. The van der Waals surface area contributed by atoms with Crippen molar-refractivity contribution in [1.82, 2.24) is 30.8 Å². The quantitative estimate of drug-likeness (QED) is 0.0588. The van der Waals surface area contributed by atoms with Crippen molar-refractivity contribution in [2.75, 3.05) is 51.0 Å². The number of piperidine rings is 1. The minimum absolute atomic E-state index is 0.00169. The highest BCUT2D eigenvalue weighted by molar-refractivity contribution is 7.13. The van der Waals surface area contributed by atoms with Crippen LogP contribution >= 0.6 is 11.3 Å². The molecule has 2 fully saturated rings. The molecule has 16 nitrogen and oxygen atoms in total. The Bertz CT molecular complexity index is 2900. The molecule has 4 heterocycles. The lowest BCUT2D eigenvalue weighted by Crippen LogP contribution is -2.57. The number of fused-ring (bicyclic) bond motifs is 4. The monoisotopic (exact) mass is 1010 g/mol. The average Bonchev–Trinajstić information content (AvgIpc) is 4.11. The number of aryl methyl sites for hydroxylation is 2. The van der Waals surface area contributed by atoms with Crippen LogP contribution in [0.3, 0.4) is 0 Å². The van der Waals surface area contributed by atoms with E-state index in [-0.39, 0.29) is 88.3 Å². The summed E-state index contributed by atoms with van der Waals surface area (Å²) in [6.07, 6.45) is 1.74. The minimum Gasteiger partial charge on any atom is -0.391 e. The van der Waals surface area contributed by atoms with Crippen LogP contribution in [0.25, 0.3) is 21.3 Å². The number of rotatable bonds is 18. The summed E-state index contributed by atoms with van der Waals surface area (Å²) in [4.78, 5) is 80.3. The van der Waals surface area contributed by atoms with E-state index in [1.807, 2.05) is 63.5 Å². The van der Waals surface area contributed by atoms with Crippen molar-refractivity contribution in [2.45, 2.75) is 123 Å². The van der Waals surface area contributed by atoms with Gasteiger partial charge in [0, 0.05) is 84.7 Å². The van der Waals surface area contributed by atoms with Crippen molar-refractivity contribution in [3.05, 3.63) is 105 Å². The molecule has 0 spiro atoms. The van der Waals surface area contributed by atoms with Crippen LogP contribution in [0.4, 0.5) is 5.69 Å². The second kappa shape index (κ2) is 22.3. The van der Waals surface area contributed by atoms with Crippen LogP contribution in [-0.2, 0) is 47.0 Å². The molecule has 3 atom stereocenters. The highest BCUT2D eigenvalue weighted by atomic mass is 32.1. The van der Waals surface area contributed by atoms with Gasteiger partial charge in [-0.05, 0) is 78.1 Å². The van der Waals surface area contributed by atoms with Crippen LogP contribution in [0, 0.1) is 23.7 Å². The minimum atomic E-state index is -0.951. The van der Waals surface area contributed by atoms with E-state index in [0.717, 1.165) is 93.0 Å². The number of likely N-dealkylation sites (tertiary alicyclic amines) is 1. The van der Waals surface area contributed by atoms with E-state index in [0.29, 0.717) is 11.1 Å². The molecular weight excluding hydrogens is 945 g/mol. The highest BCUT2D eigenvalue weighted by Crippen LogP contribution is 2.46. The van der Waals surface area contributed by atoms with Gasteiger partial charge in [-0.25, -0.2) is 4.98 Å². The van der Waals surface area contributed by atoms with Gasteiger partial charge in [0.2, 0.25) is 23.6 Å². The summed E-state index contributed by atoms with van der Waals surface area (Å²) in [5.74, 6) is -1.28. The number of aliphatic hydroxyl groups is 1. The molecule has 0 bridgehead atoms. The Kier molecular flexibility index (Phi) is 16.2. The predicted octanol–water partition coefficient (Wildman–Crippen LogP) is 6.61. The van der Waals surface area contributed by atoms with Crippen molar-refractivity contribution in [3.8, 4) is 16.5 Å². The van der Waals surface area contributed by atoms with E-state index in [2.05, 4.69) is 69.8 Å². The number of aromatic amines is 1. The fourth-order valence-corrected chi connectivity index (χ4v) is 11.2. The van der Waals surface area contributed by atoms with Gasteiger partial charge in [-0.1, -0.05) is 71.9 Å². The van der Waals surface area contributed by atoms with Crippen LogP contribution < -0.4 is 20.9 Å². The lowest BCUT2D eigenvalue weighted by Gasteiger charge is -2.38. The standard InChI is InChI=1S/C56H68N8O8S/c1-8-36-26-41-42(56(6,7)51-48(49(41)68)40-14-11-35(29-57)25-43(40)61-51)28-44(36)63-19-15-38(16-20-63)60-46(66)17-21-71-23-24-72-22-18-47(67)62-52(55(3,4)5)54(70)64-31-39(65)27-45(64)53(69)58-30-34-9-12-37(13-10-34)50-33(2)59-32-73-50/h9-14,25-26,28,32,38-39,45,52,61,65H,8,15-24,27,30-31H2,1-7H3,(H,58,69)(H,60,66)(H,62,67)/t39-,45+,52?/m1/s1. The number of H-pyrrole nitrogens is 1. The molecular formula is C56H68N8O8S. The van der Waals surface area contributed by atoms with Gasteiger partial charge >= 0.3 is 0 Å². The van der Waals surface area contributed by atoms with E-state index in [1.54, 1.807) is 23.5 Å². The molecule has 3 aromatic carbocycles. The van der Waals surface area contributed by atoms with E-state index in [9.17, 15) is 34.3 Å². The predicted molar refractivity (Wildman–Crippen MR) is 280 cm³/mol. The third-order valence-corrected chi connectivity index (χ3v) is 15.5. The second-order valence-electron chi connectivity index (χ2n) is 21.1. The number of anilines is 1. The smallest absolute Gasteiger partial charge is 0.246 e. The average molecular weight is 1010 g/mol. The summed E-state index contributed by atoms with van der Waals surface area (Å²) >= 11 is 1.57. The van der Waals surface area contributed by atoms with Crippen molar-refractivity contribution in [1.29, 1.82) is 5.26 Å². The summed E-state index contributed by atoms with van der Waals surface area (Å²) in [5, 5.41) is 29.9. The molecule has 4 amide bonds. The van der Waals surface area contributed by atoms with Gasteiger partial charge in [0.05, 0.1) is 65.8 Å². The summed E-state index contributed by atoms with van der Waals surface area (Å²) < 4.78 is 11.3. The largest absolute Gasteiger partial charge is 0.391 e. The Labute approximate surface area is 431 Å². The zero-order chi connectivity index (χ0) is 52.2. The fourth-order valence-electron chi connectivity index (χ4n) is 10.4. The molecule has 2 aliphatic heterocycles. The number of nitrogens with zero attached hydrogens (tertiary/aromatic N) is 4. The van der Waals surface area contributed by atoms with Gasteiger partial charge < -0.3 is 45.3 Å². The van der Waals surface area contributed by atoms with Crippen LogP contribution in [0.2, 0.25) is 0 Å². The molecule has 2 saturated heterocycles. The summed E-state index contributed by atoms with van der Waals surface area (Å²) in [6, 6.07) is 17.9. The Morgan fingerprint density at radius 3 is 2.33 bits per heavy atom. The number of nitriles is 1. The van der Waals surface area contributed by atoms with E-state index >= 15 is 0 Å². The molecule has 5 aromatic rings. The fraction of sp³-hybridized carbons (Fsp3) is 0.482. The first-order chi connectivity index (χ1) is 34.9. The molecule has 1 aliphatic carbocycles. The Balaban J connectivity index is 0.731. The number of benzene rings is 3. The number of β-amino-alcohol motifs (C(OH)–C–C–N with tert-alkyl or cyclic N) is 1. The number of carbonyl (C=O) groups is 5. The van der Waals surface area contributed by atoms with Crippen LogP contribution in [0.5, 0.6) is 0 Å². The second-order valence-corrected chi connectivity index (χ2v) is 21.9. The zero-order valence-corrected chi connectivity index (χ0v) is 43.8. The maximum absolute atomic E-state index is 14.1. The number of thiazole rings is 1. The lowest BCUT2D eigenvalue weighted by atomic mass is 9.70. The topological polar surface area (TPSA) is 219 Å². The van der Waals surface area contributed by atoms with Crippen LogP contribution in [0.15, 0.2) is 60.1 Å². The molecule has 5 N–H and O–H groups in total. The number of amides is 4. The molecule has 73 heavy (non-hydrogen) atoms. The van der Waals surface area contributed by atoms with E-state index < -0.39 is 34.9 Å². The van der Waals surface area contributed by atoms with Gasteiger partial charge in [-0.2, -0.15) is 5.26 Å². The first kappa shape index (κ1) is 52.9. The van der Waals surface area contributed by atoms with Gasteiger partial charge in [-0.3, -0.25) is 24.0 Å². The Morgan fingerprint density at radius 2 is 1.68 bits per heavy atom. The van der Waals surface area contributed by atoms with Gasteiger partial charge in [0.25, 0.3) is 0 Å². The number of ketones is 1.